The van der Waals surface area contributed by atoms with Gasteiger partial charge >= 0.3 is 0 Å². The lowest BCUT2D eigenvalue weighted by Crippen LogP contribution is -2.30. The van der Waals surface area contributed by atoms with Gasteiger partial charge in [0.05, 0.1) is 0 Å². The third kappa shape index (κ3) is 3.93. The van der Waals surface area contributed by atoms with Crippen molar-refractivity contribution in [1.82, 2.24) is 10.3 Å². The molecule has 0 aromatic carbocycles. The van der Waals surface area contributed by atoms with Crippen molar-refractivity contribution in [2.24, 2.45) is 5.92 Å². The standard InChI is InChI=1S/C16H27N3/c1-4-6-15-9-14(11-17-2)10-16(18-15)19(3)12-13-7-5-8-13/h9-10,13,17H,4-8,11-12H2,1-3H3. The summed E-state index contributed by atoms with van der Waals surface area (Å²) in [5.74, 6) is 2.03. The first-order valence-electron chi connectivity index (χ1n) is 7.58. The summed E-state index contributed by atoms with van der Waals surface area (Å²) < 4.78 is 0. The van der Waals surface area contributed by atoms with E-state index in [0.29, 0.717) is 0 Å². The maximum atomic E-state index is 4.81. The molecule has 0 amide bonds. The Balaban J connectivity index is 2.11. The van der Waals surface area contributed by atoms with Crippen LogP contribution in [0.1, 0.15) is 43.9 Å². The molecule has 1 fully saturated rings. The predicted octanol–water partition coefficient (Wildman–Crippen LogP) is 2.99. The van der Waals surface area contributed by atoms with E-state index in [1.54, 1.807) is 0 Å². The summed E-state index contributed by atoms with van der Waals surface area (Å²) >= 11 is 0. The SMILES string of the molecule is CCCc1cc(CNC)cc(N(C)CC2CCC2)n1. The molecule has 0 spiro atoms. The molecule has 2 rings (SSSR count). The largest absolute Gasteiger partial charge is 0.359 e. The van der Waals surface area contributed by atoms with Crippen LogP contribution in [-0.4, -0.2) is 25.6 Å². The van der Waals surface area contributed by atoms with Crippen LogP contribution in [0.2, 0.25) is 0 Å². The number of nitrogens with zero attached hydrogens (tertiary/aromatic N) is 2. The van der Waals surface area contributed by atoms with Crippen molar-refractivity contribution in [3.8, 4) is 0 Å². The van der Waals surface area contributed by atoms with Crippen LogP contribution >= 0.6 is 0 Å². The molecule has 1 N–H and O–H groups in total. The summed E-state index contributed by atoms with van der Waals surface area (Å²) in [5.41, 5.74) is 2.57. The van der Waals surface area contributed by atoms with E-state index in [4.69, 9.17) is 4.98 Å². The van der Waals surface area contributed by atoms with Gasteiger partial charge in [0, 0.05) is 25.8 Å². The highest BCUT2D eigenvalue weighted by Gasteiger charge is 2.20. The zero-order valence-electron chi connectivity index (χ0n) is 12.6. The van der Waals surface area contributed by atoms with Gasteiger partial charge in [0.25, 0.3) is 0 Å². The van der Waals surface area contributed by atoms with Gasteiger partial charge in [0.1, 0.15) is 5.82 Å². The Morgan fingerprint density at radius 1 is 1.37 bits per heavy atom. The Labute approximate surface area is 117 Å². The fraction of sp³-hybridized carbons (Fsp3) is 0.688. The molecule has 0 bridgehead atoms. The lowest BCUT2D eigenvalue weighted by Gasteiger charge is -2.31. The van der Waals surface area contributed by atoms with E-state index in [1.807, 2.05) is 7.05 Å². The van der Waals surface area contributed by atoms with Gasteiger partial charge in [-0.15, -0.1) is 0 Å². The minimum absolute atomic E-state index is 0.884. The minimum atomic E-state index is 0.884. The number of pyridine rings is 1. The van der Waals surface area contributed by atoms with E-state index >= 15 is 0 Å². The molecule has 0 aliphatic heterocycles. The van der Waals surface area contributed by atoms with Gasteiger partial charge in [-0.05, 0) is 49.9 Å². The summed E-state index contributed by atoms with van der Waals surface area (Å²) in [6.45, 7) is 4.29. The molecule has 0 saturated heterocycles. The molecule has 106 valence electrons. The normalized spacial score (nSPS) is 15.3. The van der Waals surface area contributed by atoms with Gasteiger partial charge in [-0.2, -0.15) is 0 Å². The van der Waals surface area contributed by atoms with Crippen LogP contribution in [0.4, 0.5) is 5.82 Å². The first-order valence-corrected chi connectivity index (χ1v) is 7.58. The van der Waals surface area contributed by atoms with Crippen LogP contribution in [0.3, 0.4) is 0 Å². The molecular formula is C16H27N3. The number of aromatic nitrogens is 1. The summed E-state index contributed by atoms with van der Waals surface area (Å²) in [6, 6.07) is 4.47. The molecule has 3 nitrogen and oxygen atoms in total. The van der Waals surface area contributed by atoms with Gasteiger partial charge in [0.15, 0.2) is 0 Å². The van der Waals surface area contributed by atoms with E-state index in [2.05, 4.69) is 36.3 Å². The van der Waals surface area contributed by atoms with Gasteiger partial charge < -0.3 is 10.2 Å². The van der Waals surface area contributed by atoms with Gasteiger partial charge in [0.2, 0.25) is 0 Å². The van der Waals surface area contributed by atoms with Crippen molar-refractivity contribution in [2.45, 2.75) is 45.6 Å². The number of anilines is 1. The number of aryl methyl sites for hydroxylation is 1. The van der Waals surface area contributed by atoms with Crippen molar-refractivity contribution in [3.05, 3.63) is 23.4 Å². The highest BCUT2D eigenvalue weighted by molar-refractivity contribution is 5.42. The fourth-order valence-electron chi connectivity index (χ4n) is 2.68. The summed E-state index contributed by atoms with van der Waals surface area (Å²) in [7, 11) is 4.18. The van der Waals surface area contributed by atoms with E-state index in [1.165, 1.54) is 30.5 Å². The molecule has 1 aliphatic rings. The van der Waals surface area contributed by atoms with Gasteiger partial charge in [-0.1, -0.05) is 19.8 Å². The molecule has 0 atom stereocenters. The van der Waals surface area contributed by atoms with Crippen molar-refractivity contribution >= 4 is 5.82 Å². The molecule has 1 aromatic rings. The Morgan fingerprint density at radius 3 is 2.74 bits per heavy atom. The smallest absolute Gasteiger partial charge is 0.128 e. The Bertz CT molecular complexity index is 375. The molecule has 1 aromatic heterocycles. The van der Waals surface area contributed by atoms with E-state index < -0.39 is 0 Å². The van der Waals surface area contributed by atoms with Crippen molar-refractivity contribution < 1.29 is 0 Å². The average Bonchev–Trinajstić information content (AvgIpc) is 2.34. The third-order valence-electron chi connectivity index (χ3n) is 3.96. The summed E-state index contributed by atoms with van der Waals surface area (Å²) in [6.07, 6.45) is 6.42. The maximum absolute atomic E-state index is 4.81. The molecule has 1 heterocycles. The maximum Gasteiger partial charge on any atom is 0.128 e. The van der Waals surface area contributed by atoms with Crippen molar-refractivity contribution in [1.29, 1.82) is 0 Å². The van der Waals surface area contributed by atoms with Crippen LogP contribution in [0.25, 0.3) is 0 Å². The van der Waals surface area contributed by atoms with Crippen LogP contribution < -0.4 is 10.2 Å². The van der Waals surface area contributed by atoms with E-state index in [-0.39, 0.29) is 0 Å². The zero-order chi connectivity index (χ0) is 13.7. The zero-order valence-corrected chi connectivity index (χ0v) is 12.6. The molecule has 1 saturated carbocycles. The minimum Gasteiger partial charge on any atom is -0.359 e. The van der Waals surface area contributed by atoms with Gasteiger partial charge in [-0.3, -0.25) is 0 Å². The summed E-state index contributed by atoms with van der Waals surface area (Å²) in [5, 5.41) is 3.24. The van der Waals surface area contributed by atoms with Crippen molar-refractivity contribution in [2.75, 3.05) is 25.5 Å². The van der Waals surface area contributed by atoms with Crippen LogP contribution in [0.15, 0.2) is 12.1 Å². The highest BCUT2D eigenvalue weighted by atomic mass is 15.2. The van der Waals surface area contributed by atoms with Crippen LogP contribution in [0.5, 0.6) is 0 Å². The van der Waals surface area contributed by atoms with Gasteiger partial charge in [-0.25, -0.2) is 4.98 Å². The molecule has 0 unspecified atom stereocenters. The van der Waals surface area contributed by atoms with E-state index in [0.717, 1.165) is 37.7 Å². The number of rotatable bonds is 7. The monoisotopic (exact) mass is 261 g/mol. The Hall–Kier alpha value is -1.09. The van der Waals surface area contributed by atoms with Crippen LogP contribution in [-0.2, 0) is 13.0 Å². The number of hydrogen-bond donors (Lipinski definition) is 1. The van der Waals surface area contributed by atoms with Crippen molar-refractivity contribution in [3.63, 3.8) is 0 Å². The quantitative estimate of drug-likeness (QED) is 0.818. The molecule has 3 heteroatoms. The highest BCUT2D eigenvalue weighted by Crippen LogP contribution is 2.28. The van der Waals surface area contributed by atoms with E-state index in [9.17, 15) is 0 Å². The second kappa shape index (κ2) is 6.90. The lowest BCUT2D eigenvalue weighted by molar-refractivity contribution is 0.321. The first-order chi connectivity index (χ1) is 9.22. The Kier molecular flexibility index (Phi) is 5.20. The third-order valence-corrected chi connectivity index (χ3v) is 3.96. The second-order valence-electron chi connectivity index (χ2n) is 5.78. The number of hydrogen-bond acceptors (Lipinski definition) is 3. The average molecular weight is 261 g/mol. The molecular weight excluding hydrogens is 234 g/mol. The molecule has 1 aliphatic carbocycles. The fourth-order valence-corrected chi connectivity index (χ4v) is 2.68. The first kappa shape index (κ1) is 14.3. The molecule has 19 heavy (non-hydrogen) atoms. The van der Waals surface area contributed by atoms with Crippen LogP contribution in [0, 0.1) is 5.92 Å². The Morgan fingerprint density at radius 2 is 2.16 bits per heavy atom. The lowest BCUT2D eigenvalue weighted by atomic mass is 9.85. The second-order valence-corrected chi connectivity index (χ2v) is 5.78. The molecule has 0 radical (unpaired) electrons. The summed E-state index contributed by atoms with van der Waals surface area (Å²) in [4.78, 5) is 7.15. The topological polar surface area (TPSA) is 28.2 Å². The number of nitrogens with one attached hydrogen (secondary N) is 1. The predicted molar refractivity (Wildman–Crippen MR) is 81.6 cm³/mol.